The van der Waals surface area contributed by atoms with Gasteiger partial charge in [-0.15, -0.1) is 0 Å². The van der Waals surface area contributed by atoms with Crippen molar-refractivity contribution in [2.75, 3.05) is 6.61 Å². The molecule has 4 heteroatoms. The van der Waals surface area contributed by atoms with Crippen molar-refractivity contribution >= 4 is 26.2 Å². The Hall–Kier alpha value is 0.802. The predicted molar refractivity (Wildman–Crippen MR) is 87.6 cm³/mol. The molecule has 4 atom stereocenters. The molecule has 0 aliphatic carbocycles. The van der Waals surface area contributed by atoms with Gasteiger partial charge in [0.2, 0.25) is 0 Å². The zero-order valence-corrected chi connectivity index (χ0v) is 18.9. The molecule has 122 valence electrons. The molecule has 2 aliphatic rings. The van der Waals surface area contributed by atoms with Gasteiger partial charge in [-0.1, -0.05) is 13.8 Å². The molecule has 0 amide bonds. The molecular weight excluding hydrogens is 457 g/mol. The van der Waals surface area contributed by atoms with Crippen LogP contribution < -0.4 is 0 Å². The molecule has 0 saturated carbocycles. The van der Waals surface area contributed by atoms with Gasteiger partial charge in [-0.2, -0.15) is 0 Å². The standard InChI is InChI=1S/C15H27O3.C2H6.Tl/c1-3-6-12-8-9-14-15(4-2,18-12)11-13(17-14)7-5-10-16;1-2;/h12-14H,3-11H2,1-2H3;1-2H3;/q-1;;+1. The first kappa shape index (κ1) is 19.8. The summed E-state index contributed by atoms with van der Waals surface area (Å²) in [5.41, 5.74) is 0.0202. The fourth-order valence-electron chi connectivity index (χ4n) is 3.65. The van der Waals surface area contributed by atoms with Gasteiger partial charge >= 0.3 is 134 Å². The number of hydrogen-bond donors (Lipinski definition) is 0. The summed E-state index contributed by atoms with van der Waals surface area (Å²) >= 11 is 0.664. The van der Waals surface area contributed by atoms with Crippen molar-refractivity contribution in [3.8, 4) is 0 Å². The van der Waals surface area contributed by atoms with Crippen LogP contribution in [0.4, 0.5) is 0 Å². The first-order valence-corrected chi connectivity index (χ1v) is 10.7. The van der Waals surface area contributed by atoms with Crippen molar-refractivity contribution in [1.82, 2.24) is 0 Å². The van der Waals surface area contributed by atoms with Crippen LogP contribution >= 0.6 is 0 Å². The van der Waals surface area contributed by atoms with Crippen LogP contribution in [-0.4, -0.2) is 56.7 Å². The van der Waals surface area contributed by atoms with Crippen LogP contribution in [0.25, 0.3) is 0 Å². The average molecular weight is 490 g/mol. The Morgan fingerprint density at radius 2 is 1.90 bits per heavy atom. The van der Waals surface area contributed by atoms with E-state index < -0.39 is 0 Å². The maximum absolute atomic E-state index is 6.48. The molecule has 0 aromatic heterocycles. The van der Waals surface area contributed by atoms with E-state index in [0.29, 0.717) is 44.5 Å². The second kappa shape index (κ2) is 10.6. The fraction of sp³-hybridized carbons (Fsp3) is 1.00. The number of rotatable bonds is 7. The SMILES string of the molecule is CC.CCCC1CCC2OC(CCC[O][Tl])CC2(CC)O1. The van der Waals surface area contributed by atoms with E-state index in [-0.39, 0.29) is 5.60 Å². The average Bonchev–Trinajstić information content (AvgIpc) is 2.88. The van der Waals surface area contributed by atoms with Crippen molar-refractivity contribution in [3.05, 3.63) is 0 Å². The third kappa shape index (κ3) is 5.43. The van der Waals surface area contributed by atoms with Crippen LogP contribution in [0.3, 0.4) is 0 Å². The van der Waals surface area contributed by atoms with Gasteiger partial charge < -0.3 is 0 Å². The molecule has 0 bridgehead atoms. The number of fused-ring (bicyclic) bond motifs is 1. The van der Waals surface area contributed by atoms with Crippen molar-refractivity contribution in [3.63, 3.8) is 0 Å². The van der Waals surface area contributed by atoms with Gasteiger partial charge in [0.05, 0.1) is 0 Å². The summed E-state index contributed by atoms with van der Waals surface area (Å²) in [6, 6.07) is 0. The molecule has 0 spiro atoms. The molecule has 2 aliphatic heterocycles. The van der Waals surface area contributed by atoms with E-state index in [0.717, 1.165) is 32.3 Å². The topological polar surface area (TPSA) is 27.7 Å². The minimum atomic E-state index is 0.0202. The predicted octanol–water partition coefficient (Wildman–Crippen LogP) is 4.18. The van der Waals surface area contributed by atoms with E-state index in [1.807, 2.05) is 13.8 Å². The first-order valence-electron chi connectivity index (χ1n) is 8.89. The van der Waals surface area contributed by atoms with Crippen LogP contribution in [-0.2, 0) is 12.2 Å². The molecule has 2 rings (SSSR count). The molecule has 4 unspecified atom stereocenters. The quantitative estimate of drug-likeness (QED) is 0.397. The molecule has 2 heterocycles. The van der Waals surface area contributed by atoms with E-state index in [2.05, 4.69) is 13.8 Å². The molecule has 2 saturated heterocycles. The summed E-state index contributed by atoms with van der Waals surface area (Å²) in [7, 11) is 0. The van der Waals surface area contributed by atoms with E-state index >= 15 is 0 Å². The molecule has 2 fully saturated rings. The molecule has 0 aromatic carbocycles. The molecule has 0 aromatic rings. The first-order chi connectivity index (χ1) is 10.2. The second-order valence-electron chi connectivity index (χ2n) is 5.99. The van der Waals surface area contributed by atoms with Crippen LogP contribution in [0.15, 0.2) is 0 Å². The van der Waals surface area contributed by atoms with Crippen molar-refractivity contribution in [1.29, 1.82) is 0 Å². The Bertz CT molecular complexity index is 275. The van der Waals surface area contributed by atoms with Gasteiger partial charge in [0.15, 0.2) is 0 Å². The summed E-state index contributed by atoms with van der Waals surface area (Å²) in [4.78, 5) is 0. The minimum absolute atomic E-state index is 0.0202. The fourth-order valence-corrected chi connectivity index (χ4v) is 4.30. The van der Waals surface area contributed by atoms with Crippen molar-refractivity contribution in [2.24, 2.45) is 0 Å². The third-order valence-electron chi connectivity index (χ3n) is 4.67. The third-order valence-corrected chi connectivity index (χ3v) is 5.58. The van der Waals surface area contributed by atoms with E-state index in [4.69, 9.17) is 12.2 Å². The summed E-state index contributed by atoms with van der Waals surface area (Å²) in [6.45, 7) is 9.42. The Morgan fingerprint density at radius 3 is 2.52 bits per heavy atom. The molecule has 3 nitrogen and oxygen atoms in total. The van der Waals surface area contributed by atoms with Crippen LogP contribution in [0.5, 0.6) is 0 Å². The van der Waals surface area contributed by atoms with Crippen LogP contribution in [0, 0.1) is 0 Å². The van der Waals surface area contributed by atoms with E-state index in [9.17, 15) is 0 Å². The maximum atomic E-state index is 6.48. The molecule has 0 radical (unpaired) electrons. The van der Waals surface area contributed by atoms with Gasteiger partial charge in [0.25, 0.3) is 0 Å². The summed E-state index contributed by atoms with van der Waals surface area (Å²) in [5.74, 6) is 0. The Kier molecular flexibility index (Phi) is 9.97. The van der Waals surface area contributed by atoms with Crippen molar-refractivity contribution < 1.29 is 12.2 Å². The van der Waals surface area contributed by atoms with Crippen LogP contribution in [0.1, 0.15) is 79.1 Å². The van der Waals surface area contributed by atoms with Gasteiger partial charge in [-0.05, 0) is 0 Å². The van der Waals surface area contributed by atoms with Gasteiger partial charge in [-0.3, -0.25) is 0 Å². The van der Waals surface area contributed by atoms with E-state index in [1.54, 1.807) is 0 Å². The summed E-state index contributed by atoms with van der Waals surface area (Å²) < 4.78 is 18.0. The van der Waals surface area contributed by atoms with Crippen LogP contribution in [0.2, 0.25) is 0 Å². The zero-order valence-electron chi connectivity index (χ0n) is 14.4. The molecule has 0 N–H and O–H groups in total. The normalized spacial score (nSPS) is 34.9. The van der Waals surface area contributed by atoms with Gasteiger partial charge in [-0.25, -0.2) is 0 Å². The van der Waals surface area contributed by atoms with Gasteiger partial charge in [0.1, 0.15) is 0 Å². The van der Waals surface area contributed by atoms with Gasteiger partial charge in [0, 0.05) is 0 Å². The van der Waals surface area contributed by atoms with Crippen molar-refractivity contribution in [2.45, 2.75) is 103 Å². The second-order valence-corrected chi connectivity index (χ2v) is 7.28. The Labute approximate surface area is 147 Å². The Morgan fingerprint density at radius 1 is 1.14 bits per heavy atom. The Balaban J connectivity index is 0.00000106. The zero-order chi connectivity index (χ0) is 15.7. The number of hydrogen-bond acceptors (Lipinski definition) is 3. The molecule has 21 heavy (non-hydrogen) atoms. The molecular formula is C17H33O3Tl. The summed E-state index contributed by atoms with van der Waals surface area (Å²) in [5, 5.41) is 0. The number of ether oxygens (including phenoxy) is 2. The summed E-state index contributed by atoms with van der Waals surface area (Å²) in [6.07, 6.45) is 10.4. The monoisotopic (exact) mass is 490 g/mol. The van der Waals surface area contributed by atoms with E-state index in [1.165, 1.54) is 25.7 Å².